The van der Waals surface area contributed by atoms with E-state index in [0.717, 1.165) is 17.7 Å². The number of benzene rings is 3. The van der Waals surface area contributed by atoms with E-state index in [0.29, 0.717) is 52.8 Å². The molecule has 7 rings (SSSR count). The number of nitrogens with one attached hydrogen (secondary N) is 2. The summed E-state index contributed by atoms with van der Waals surface area (Å²) in [5.74, 6) is -0.171. The molecule has 2 amide bonds. The number of methoxy groups -OCH3 is 1. The molecule has 1 aliphatic heterocycles. The Hall–Kier alpha value is -4.07. The minimum absolute atomic E-state index is 0.0267. The van der Waals surface area contributed by atoms with Crippen LogP contribution in [0.25, 0.3) is 11.1 Å². The molecule has 0 radical (unpaired) electrons. The average Bonchev–Trinajstić information content (AvgIpc) is 3.53. The van der Waals surface area contributed by atoms with Gasteiger partial charge in [-0.05, 0) is 105 Å². The number of likely N-dealkylation sites (N-methyl/N-ethyl adjacent to an activating group) is 1. The Balaban J connectivity index is 1.31. The van der Waals surface area contributed by atoms with Crippen LogP contribution in [-0.4, -0.2) is 111 Å². The normalized spacial score (nSPS) is 26.4. The molecule has 1 saturated heterocycles. The molecule has 4 N–H and O–H groups in total. The summed E-state index contributed by atoms with van der Waals surface area (Å²) in [5, 5.41) is 29.3. The van der Waals surface area contributed by atoms with Crippen molar-refractivity contribution in [3.05, 3.63) is 83.2 Å². The zero-order valence-electron chi connectivity index (χ0n) is 35.0. The maximum atomic E-state index is 15.8. The lowest BCUT2D eigenvalue weighted by atomic mass is 9.45. The first-order chi connectivity index (χ1) is 27.0. The Labute approximate surface area is 337 Å². The van der Waals surface area contributed by atoms with Gasteiger partial charge in [0.1, 0.15) is 23.7 Å². The van der Waals surface area contributed by atoms with E-state index < -0.39 is 36.6 Å². The van der Waals surface area contributed by atoms with E-state index in [4.69, 9.17) is 9.57 Å². The zero-order valence-corrected chi connectivity index (χ0v) is 35.0. The van der Waals surface area contributed by atoms with Crippen molar-refractivity contribution in [1.82, 2.24) is 20.6 Å². The molecule has 3 aliphatic carbocycles. The second-order valence-electron chi connectivity index (χ2n) is 17.7. The highest BCUT2D eigenvalue weighted by Gasteiger charge is 2.57. The van der Waals surface area contributed by atoms with Crippen molar-refractivity contribution in [2.75, 3.05) is 53.4 Å². The van der Waals surface area contributed by atoms with Crippen LogP contribution in [0.1, 0.15) is 62.0 Å². The molecule has 3 saturated carbocycles. The summed E-state index contributed by atoms with van der Waals surface area (Å²) in [4.78, 5) is 38.4. The van der Waals surface area contributed by atoms with Gasteiger partial charge >= 0.3 is 0 Å². The van der Waals surface area contributed by atoms with Crippen LogP contribution in [0.4, 0.5) is 10.1 Å². The molecule has 57 heavy (non-hydrogen) atoms. The van der Waals surface area contributed by atoms with Gasteiger partial charge in [-0.3, -0.25) is 14.4 Å². The fourth-order valence-electron chi connectivity index (χ4n) is 9.80. The van der Waals surface area contributed by atoms with E-state index in [9.17, 15) is 19.8 Å². The Kier molecular flexibility index (Phi) is 13.0. The zero-order chi connectivity index (χ0) is 41.3. The molecule has 3 aromatic rings. The first-order valence-corrected chi connectivity index (χ1v) is 20.2. The van der Waals surface area contributed by atoms with Crippen LogP contribution in [0.15, 0.2) is 60.7 Å². The Bertz CT molecular complexity index is 1890. The number of aliphatic hydroxyl groups excluding tert-OH is 2. The number of aliphatic hydroxyl groups is 2. The number of hydroxylamine groups is 2. The first-order valence-electron chi connectivity index (χ1n) is 20.2. The molecule has 0 unspecified atom stereocenters. The van der Waals surface area contributed by atoms with Crippen molar-refractivity contribution >= 4 is 17.5 Å². The lowest BCUT2D eigenvalue weighted by Crippen LogP contribution is -2.62. The highest BCUT2D eigenvalue weighted by Crippen LogP contribution is 2.61. The molecule has 310 valence electrons. The number of nitrogens with zero attached hydrogens (tertiary/aromatic N) is 3. The molecular formula is C45H62FN5O6. The Morgan fingerprint density at radius 3 is 2.39 bits per heavy atom. The molecule has 11 nitrogen and oxygen atoms in total. The number of halogens is 1. The molecule has 0 spiro atoms. The number of hydrogen-bond acceptors (Lipinski definition) is 9. The van der Waals surface area contributed by atoms with Crippen molar-refractivity contribution in [3.63, 3.8) is 0 Å². The van der Waals surface area contributed by atoms with E-state index >= 15 is 4.39 Å². The number of amides is 2. The van der Waals surface area contributed by atoms with Crippen molar-refractivity contribution in [3.8, 4) is 16.9 Å². The summed E-state index contributed by atoms with van der Waals surface area (Å²) in [6, 6.07) is 17.0. The van der Waals surface area contributed by atoms with Gasteiger partial charge in [-0.2, -0.15) is 5.06 Å². The SMILES string of the molecule is COc1c(CN2O[C@@H](CO)[C@@H]([C@H](C)O)[C@H]2C(=O)N[C@H]2C[C@H]3C[C@@H]([C@@H]2C)C3(C)C)cc(F)cc1-c1cc(C(=O)N[C@@H](Cc2ccccc2)CN(C)C)cc(N(C)C)c1. The van der Waals surface area contributed by atoms with Gasteiger partial charge in [-0.15, -0.1) is 0 Å². The van der Waals surface area contributed by atoms with Crippen LogP contribution in [-0.2, 0) is 22.6 Å². The van der Waals surface area contributed by atoms with Crippen LogP contribution in [0, 0.1) is 34.9 Å². The number of fused-ring (bicyclic) bond motifs is 2. The summed E-state index contributed by atoms with van der Waals surface area (Å²) in [5.41, 5.74) is 3.88. The second-order valence-corrected chi connectivity index (χ2v) is 17.7. The molecular weight excluding hydrogens is 726 g/mol. The lowest BCUT2D eigenvalue weighted by Gasteiger charge is -2.62. The summed E-state index contributed by atoms with van der Waals surface area (Å²) in [6.45, 7) is 8.56. The van der Waals surface area contributed by atoms with Crippen LogP contribution >= 0.6 is 0 Å². The predicted molar refractivity (Wildman–Crippen MR) is 220 cm³/mol. The van der Waals surface area contributed by atoms with Crippen molar-refractivity contribution in [1.29, 1.82) is 0 Å². The van der Waals surface area contributed by atoms with Gasteiger partial charge in [-0.1, -0.05) is 51.1 Å². The Morgan fingerprint density at radius 1 is 1.07 bits per heavy atom. The number of ether oxygens (including phenoxy) is 1. The Morgan fingerprint density at radius 2 is 1.79 bits per heavy atom. The lowest BCUT2D eigenvalue weighted by molar-refractivity contribution is -0.183. The number of carbonyl (C=O) groups excluding carboxylic acids is 2. The number of hydrogen-bond donors (Lipinski definition) is 4. The number of rotatable bonds is 15. The maximum Gasteiger partial charge on any atom is 0.251 e. The van der Waals surface area contributed by atoms with E-state index in [1.54, 1.807) is 13.0 Å². The van der Waals surface area contributed by atoms with Crippen molar-refractivity contribution in [2.24, 2.45) is 29.1 Å². The molecule has 12 heteroatoms. The molecule has 1 heterocycles. The smallest absolute Gasteiger partial charge is 0.251 e. The summed E-state index contributed by atoms with van der Waals surface area (Å²) in [6.07, 6.45) is 0.858. The van der Waals surface area contributed by atoms with Crippen LogP contribution in [0.5, 0.6) is 5.75 Å². The van der Waals surface area contributed by atoms with Gasteiger partial charge in [0.15, 0.2) is 0 Å². The van der Waals surface area contributed by atoms with E-state index in [1.165, 1.54) is 30.7 Å². The molecule has 3 aromatic carbocycles. The van der Waals surface area contributed by atoms with E-state index in [-0.39, 0.29) is 41.8 Å². The maximum absolute atomic E-state index is 15.8. The molecule has 4 aliphatic rings. The third-order valence-corrected chi connectivity index (χ3v) is 13.0. The van der Waals surface area contributed by atoms with Gasteiger partial charge in [0.25, 0.3) is 5.91 Å². The summed E-state index contributed by atoms with van der Waals surface area (Å²) < 4.78 is 21.8. The quantitative estimate of drug-likeness (QED) is 0.166. The molecule has 9 atom stereocenters. The van der Waals surface area contributed by atoms with Gasteiger partial charge < -0.3 is 35.4 Å². The van der Waals surface area contributed by atoms with Crippen molar-refractivity contribution in [2.45, 2.75) is 83.8 Å². The fourth-order valence-corrected chi connectivity index (χ4v) is 9.80. The minimum Gasteiger partial charge on any atom is -0.496 e. The minimum atomic E-state index is -0.979. The largest absolute Gasteiger partial charge is 0.496 e. The van der Waals surface area contributed by atoms with Gasteiger partial charge in [-0.25, -0.2) is 4.39 Å². The van der Waals surface area contributed by atoms with Gasteiger partial charge in [0.05, 0.1) is 26.4 Å². The highest BCUT2D eigenvalue weighted by molar-refractivity contribution is 5.97. The van der Waals surface area contributed by atoms with Gasteiger partial charge in [0, 0.05) is 61.0 Å². The summed E-state index contributed by atoms with van der Waals surface area (Å²) >= 11 is 0. The van der Waals surface area contributed by atoms with E-state index in [2.05, 4.69) is 31.4 Å². The predicted octanol–water partition coefficient (Wildman–Crippen LogP) is 5.13. The topological polar surface area (TPSA) is 127 Å². The molecule has 0 aromatic heterocycles. The average molecular weight is 788 g/mol. The van der Waals surface area contributed by atoms with Crippen LogP contribution in [0.3, 0.4) is 0 Å². The number of anilines is 1. The van der Waals surface area contributed by atoms with Crippen LogP contribution in [0.2, 0.25) is 0 Å². The van der Waals surface area contributed by atoms with Crippen LogP contribution < -0.4 is 20.3 Å². The summed E-state index contributed by atoms with van der Waals surface area (Å²) in [7, 11) is 9.20. The molecule has 2 bridgehead atoms. The fraction of sp³-hybridized carbons (Fsp3) is 0.556. The van der Waals surface area contributed by atoms with Crippen molar-refractivity contribution < 1.29 is 33.8 Å². The third kappa shape index (κ3) is 9.00. The number of carbonyl (C=O) groups is 2. The third-order valence-electron chi connectivity index (χ3n) is 13.0. The van der Waals surface area contributed by atoms with E-state index in [1.807, 2.05) is 80.5 Å². The first kappa shape index (κ1) is 42.5. The second kappa shape index (κ2) is 17.4. The monoisotopic (exact) mass is 787 g/mol. The standard InChI is InChI=1S/C45H62FN5O6/c1-26-37-20-32(45(37,3)4)21-38(26)48-44(55)41-40(27(2)53)39(25-52)57-51(41)23-31-17-33(46)22-36(42(31)56-9)29-16-30(19-35(18-29)50(7)8)43(54)47-34(24-49(5)6)15-28-13-11-10-12-14-28/h10-14,16-19,22,26-27,32,34,37-41,52-53H,15,20-21,23-25H2,1-9H3,(H,47,54)(H,48,55)/t26-,27-,32+,34-,37-,38-,39-,40+,41-/m0/s1. The highest BCUT2D eigenvalue weighted by atomic mass is 19.1. The molecule has 4 fully saturated rings. The van der Waals surface area contributed by atoms with Gasteiger partial charge in [0.2, 0.25) is 5.91 Å².